The Morgan fingerprint density at radius 3 is 2.65 bits per heavy atom. The third-order valence-electron chi connectivity index (χ3n) is 6.38. The number of phenols is 2. The summed E-state index contributed by atoms with van der Waals surface area (Å²) in [5, 5.41) is 21.7. The number of phenolic OH excluding ortho intramolecular Hbond substituents is 2. The molecule has 0 spiro atoms. The maximum Gasteiger partial charge on any atom is 0.342 e. The Morgan fingerprint density at radius 1 is 1.05 bits per heavy atom. The van der Waals surface area contributed by atoms with Crippen molar-refractivity contribution in [3.63, 3.8) is 0 Å². The van der Waals surface area contributed by atoms with Crippen molar-refractivity contribution in [3.8, 4) is 11.5 Å². The molecule has 0 aliphatic carbocycles. The summed E-state index contributed by atoms with van der Waals surface area (Å²) in [5.41, 5.74) is 5.34. The van der Waals surface area contributed by atoms with Gasteiger partial charge >= 0.3 is 5.97 Å². The van der Waals surface area contributed by atoms with Crippen LogP contribution in [0.15, 0.2) is 66.4 Å². The summed E-state index contributed by atoms with van der Waals surface area (Å²) in [6.45, 7) is 2.70. The first kappa shape index (κ1) is 26.5. The number of hydrogen-bond donors (Lipinski definition) is 3. The standard InChI is InChI=1S/C30H35NO6/c1-21-12-6-3-2-4-9-15-23(31-36-20-22-13-7-5-8-14-22)18-24-28(27-16-10-11-17-35-27)25(32)19-26(33)29(24)30(34)37-21/h3,5-9,13-15,18-19,21,27,31-33H,2,4,10-12,16-17,20H2,1H3/b6-3?,15-9+,23-18-/t21-,27?/m1/s1. The van der Waals surface area contributed by atoms with Crippen molar-refractivity contribution in [2.75, 3.05) is 6.61 Å². The Morgan fingerprint density at radius 2 is 1.86 bits per heavy atom. The van der Waals surface area contributed by atoms with E-state index in [1.807, 2.05) is 55.5 Å². The van der Waals surface area contributed by atoms with E-state index in [1.54, 1.807) is 6.08 Å². The van der Waals surface area contributed by atoms with Crippen LogP contribution >= 0.6 is 0 Å². The van der Waals surface area contributed by atoms with Gasteiger partial charge in [-0.3, -0.25) is 10.3 Å². The molecule has 2 aliphatic heterocycles. The smallest absolute Gasteiger partial charge is 0.342 e. The fraction of sp³-hybridized carbons (Fsp3) is 0.367. The molecule has 0 aromatic heterocycles. The largest absolute Gasteiger partial charge is 0.507 e. The molecule has 7 nitrogen and oxygen atoms in total. The molecule has 2 aromatic carbocycles. The van der Waals surface area contributed by atoms with E-state index in [1.165, 1.54) is 6.07 Å². The molecule has 4 rings (SSSR count). The van der Waals surface area contributed by atoms with Crippen LogP contribution in [-0.4, -0.2) is 28.9 Å². The van der Waals surface area contributed by atoms with Crippen molar-refractivity contribution in [2.24, 2.45) is 0 Å². The fourth-order valence-electron chi connectivity index (χ4n) is 4.50. The number of allylic oxidation sites excluding steroid dienone is 3. The van der Waals surface area contributed by atoms with Crippen LogP contribution in [0.4, 0.5) is 0 Å². The zero-order valence-electron chi connectivity index (χ0n) is 21.2. The number of carbonyl (C=O) groups is 1. The van der Waals surface area contributed by atoms with Crippen LogP contribution in [0.3, 0.4) is 0 Å². The van der Waals surface area contributed by atoms with Crippen LogP contribution in [0.2, 0.25) is 0 Å². The second-order valence-electron chi connectivity index (χ2n) is 9.35. The van der Waals surface area contributed by atoms with Gasteiger partial charge in [-0.25, -0.2) is 4.79 Å². The lowest BCUT2D eigenvalue weighted by Gasteiger charge is -2.27. The maximum atomic E-state index is 13.3. The normalized spacial score (nSPS) is 23.2. The number of hydrogen-bond acceptors (Lipinski definition) is 7. The van der Waals surface area contributed by atoms with Gasteiger partial charge in [0.15, 0.2) is 0 Å². The number of hydroxylamine groups is 1. The molecule has 1 saturated heterocycles. The predicted molar refractivity (Wildman–Crippen MR) is 142 cm³/mol. The van der Waals surface area contributed by atoms with Crippen molar-refractivity contribution in [2.45, 2.75) is 64.3 Å². The number of cyclic esters (lactones) is 1. The number of rotatable bonds is 5. The van der Waals surface area contributed by atoms with Crippen molar-refractivity contribution >= 4 is 12.0 Å². The lowest BCUT2D eigenvalue weighted by Crippen LogP contribution is -2.19. The fourth-order valence-corrected chi connectivity index (χ4v) is 4.50. The number of aromatic hydroxyl groups is 2. The molecule has 1 fully saturated rings. The molecule has 2 atom stereocenters. The van der Waals surface area contributed by atoms with Gasteiger partial charge in [0.05, 0.1) is 18.4 Å². The average molecular weight is 506 g/mol. The summed E-state index contributed by atoms with van der Waals surface area (Å²) in [6.07, 6.45) is 13.6. The van der Waals surface area contributed by atoms with Gasteiger partial charge in [0, 0.05) is 30.2 Å². The highest BCUT2D eigenvalue weighted by Crippen LogP contribution is 2.42. The van der Waals surface area contributed by atoms with Gasteiger partial charge < -0.3 is 19.7 Å². The monoisotopic (exact) mass is 505 g/mol. The number of nitrogens with one attached hydrogen (secondary N) is 1. The van der Waals surface area contributed by atoms with E-state index in [2.05, 4.69) is 11.6 Å². The van der Waals surface area contributed by atoms with Gasteiger partial charge in [0.25, 0.3) is 0 Å². The number of ether oxygens (including phenoxy) is 2. The topological polar surface area (TPSA) is 97.3 Å². The number of carbonyl (C=O) groups excluding carboxylic acids is 1. The highest BCUT2D eigenvalue weighted by molar-refractivity contribution is 5.98. The van der Waals surface area contributed by atoms with E-state index in [9.17, 15) is 15.0 Å². The molecule has 3 N–H and O–H groups in total. The molecular formula is C30H35NO6. The van der Waals surface area contributed by atoms with Crippen molar-refractivity contribution in [3.05, 3.63) is 88.7 Å². The lowest BCUT2D eigenvalue weighted by molar-refractivity contribution is 0.0133. The van der Waals surface area contributed by atoms with Crippen LogP contribution in [0, 0.1) is 0 Å². The van der Waals surface area contributed by atoms with Gasteiger partial charge in [0.1, 0.15) is 23.2 Å². The van der Waals surface area contributed by atoms with Crippen LogP contribution in [0.1, 0.15) is 78.6 Å². The first-order chi connectivity index (χ1) is 18.0. The van der Waals surface area contributed by atoms with Gasteiger partial charge in [-0.2, -0.15) is 0 Å². The Bertz CT molecular complexity index is 1150. The van der Waals surface area contributed by atoms with Gasteiger partial charge in [-0.15, -0.1) is 0 Å². The van der Waals surface area contributed by atoms with E-state index in [4.69, 9.17) is 14.3 Å². The number of fused-ring (bicyclic) bond motifs is 1. The minimum absolute atomic E-state index is 0.00868. The molecular weight excluding hydrogens is 470 g/mol. The number of esters is 1. The third-order valence-corrected chi connectivity index (χ3v) is 6.38. The summed E-state index contributed by atoms with van der Waals surface area (Å²) in [7, 11) is 0. The molecule has 0 saturated carbocycles. The molecule has 0 amide bonds. The minimum Gasteiger partial charge on any atom is -0.507 e. The second kappa shape index (κ2) is 13.1. The highest BCUT2D eigenvalue weighted by atomic mass is 16.6. The van der Waals surface area contributed by atoms with Gasteiger partial charge in [0.2, 0.25) is 0 Å². The quantitative estimate of drug-likeness (QED) is 0.251. The molecule has 0 radical (unpaired) electrons. The molecule has 1 unspecified atom stereocenters. The summed E-state index contributed by atoms with van der Waals surface area (Å²) >= 11 is 0. The number of benzene rings is 2. The second-order valence-corrected chi connectivity index (χ2v) is 9.35. The maximum absolute atomic E-state index is 13.3. The van der Waals surface area contributed by atoms with E-state index in [0.717, 1.165) is 31.2 Å². The predicted octanol–water partition coefficient (Wildman–Crippen LogP) is 6.24. The van der Waals surface area contributed by atoms with Crippen LogP contribution < -0.4 is 5.48 Å². The Labute approximate surface area is 218 Å². The summed E-state index contributed by atoms with van der Waals surface area (Å²) < 4.78 is 11.7. The molecule has 2 aromatic rings. The SMILES string of the molecule is C[C@@H]1CC=CCC/C=C/C(NOCc2ccccc2)=C/c2c(c(O)cc(O)c2C2CCCCO2)C(=O)O1. The van der Waals surface area contributed by atoms with Crippen LogP contribution in [0.25, 0.3) is 6.08 Å². The Kier molecular flexibility index (Phi) is 9.40. The average Bonchev–Trinajstić information content (AvgIpc) is 2.88. The lowest BCUT2D eigenvalue weighted by atomic mass is 9.91. The zero-order chi connectivity index (χ0) is 26.0. The third kappa shape index (κ3) is 7.24. The minimum atomic E-state index is -0.660. The van der Waals surface area contributed by atoms with E-state index < -0.39 is 12.1 Å². The van der Waals surface area contributed by atoms with E-state index >= 15 is 0 Å². The summed E-state index contributed by atoms with van der Waals surface area (Å²) in [4.78, 5) is 19.1. The van der Waals surface area contributed by atoms with E-state index in [0.29, 0.717) is 42.9 Å². The van der Waals surface area contributed by atoms with Crippen molar-refractivity contribution in [1.82, 2.24) is 5.48 Å². The zero-order valence-corrected chi connectivity index (χ0v) is 21.2. The van der Waals surface area contributed by atoms with Crippen LogP contribution in [-0.2, 0) is 20.9 Å². The van der Waals surface area contributed by atoms with Gasteiger partial charge in [-0.05, 0) is 56.7 Å². The highest BCUT2D eigenvalue weighted by Gasteiger charge is 2.30. The molecule has 0 bridgehead atoms. The van der Waals surface area contributed by atoms with Crippen molar-refractivity contribution < 1.29 is 29.3 Å². The van der Waals surface area contributed by atoms with E-state index in [-0.39, 0.29) is 23.2 Å². The first-order valence-corrected chi connectivity index (χ1v) is 12.9. The Hall–Kier alpha value is -3.55. The van der Waals surface area contributed by atoms with Gasteiger partial charge in [-0.1, -0.05) is 48.6 Å². The summed E-state index contributed by atoms with van der Waals surface area (Å²) in [6, 6.07) is 11.0. The Balaban J connectivity index is 1.78. The van der Waals surface area contributed by atoms with Crippen LogP contribution in [0.5, 0.6) is 11.5 Å². The van der Waals surface area contributed by atoms with Crippen molar-refractivity contribution in [1.29, 1.82) is 0 Å². The molecule has 2 heterocycles. The molecule has 7 heteroatoms. The first-order valence-electron chi connectivity index (χ1n) is 12.9. The molecule has 196 valence electrons. The summed E-state index contributed by atoms with van der Waals surface area (Å²) in [5.74, 6) is -1.14. The molecule has 2 aliphatic rings. The molecule has 37 heavy (non-hydrogen) atoms.